The van der Waals surface area contributed by atoms with Gasteiger partial charge >= 0.3 is 0 Å². The minimum absolute atomic E-state index is 0.190. The number of aldehydes is 1. The molecule has 2 unspecified atom stereocenters. The lowest BCUT2D eigenvalue weighted by atomic mass is 9.80. The lowest BCUT2D eigenvalue weighted by molar-refractivity contribution is -0.132. The Labute approximate surface area is 245 Å². The van der Waals surface area contributed by atoms with Gasteiger partial charge in [0.1, 0.15) is 21.8 Å². The molecule has 1 saturated heterocycles. The molecule has 2 fully saturated rings. The molecule has 38 heavy (non-hydrogen) atoms. The Hall–Kier alpha value is -1.12. The van der Waals surface area contributed by atoms with Gasteiger partial charge in [0.15, 0.2) is 5.13 Å². The molecule has 0 bridgehead atoms. The first kappa shape index (κ1) is 31.4. The Morgan fingerprint density at radius 1 is 1.29 bits per heavy atom. The second-order valence-corrected chi connectivity index (χ2v) is 14.1. The number of anilines is 1. The minimum atomic E-state index is -0.993. The van der Waals surface area contributed by atoms with Crippen molar-refractivity contribution in [2.75, 3.05) is 50.1 Å². The second-order valence-electron chi connectivity index (χ2n) is 9.83. The summed E-state index contributed by atoms with van der Waals surface area (Å²) in [6, 6.07) is -0.509. The van der Waals surface area contributed by atoms with Gasteiger partial charge in [-0.3, -0.25) is 10.1 Å². The van der Waals surface area contributed by atoms with Gasteiger partial charge in [-0.1, -0.05) is 52.1 Å². The fraction of sp³-hybridized carbons (Fsp3) is 0.630. The molecular weight excluding hydrogens is 633 g/mol. The summed E-state index contributed by atoms with van der Waals surface area (Å²) in [5.41, 5.74) is -0.172. The van der Waals surface area contributed by atoms with Crippen molar-refractivity contribution in [2.45, 2.75) is 63.3 Å². The van der Waals surface area contributed by atoms with E-state index in [9.17, 15) is 14.7 Å². The van der Waals surface area contributed by atoms with Crippen molar-refractivity contribution in [1.29, 1.82) is 0 Å². The number of halogens is 1. The third-order valence-electron chi connectivity index (χ3n) is 7.01. The highest BCUT2D eigenvalue weighted by atomic mass is 127. The summed E-state index contributed by atoms with van der Waals surface area (Å²) in [7, 11) is 2.15. The molecule has 0 spiro atoms. The number of nitrogens with one attached hydrogen (secondary N) is 2. The Kier molecular flexibility index (Phi) is 13.4. The lowest BCUT2D eigenvalue weighted by Gasteiger charge is -2.39. The predicted octanol–water partition coefficient (Wildman–Crippen LogP) is 3.39. The number of piperazine rings is 1. The Balaban J connectivity index is 1.69. The fourth-order valence-electron chi connectivity index (χ4n) is 4.70. The van der Waals surface area contributed by atoms with Crippen LogP contribution in [-0.4, -0.2) is 94.2 Å². The van der Waals surface area contributed by atoms with E-state index in [2.05, 4.69) is 36.9 Å². The average Bonchev–Trinajstić information content (AvgIpc) is 3.40. The summed E-state index contributed by atoms with van der Waals surface area (Å²) in [5.74, 6) is 0.611. The number of hydrogen-bond acceptors (Lipinski definition) is 9. The largest absolute Gasteiger partial charge is 0.374 e. The van der Waals surface area contributed by atoms with Crippen molar-refractivity contribution in [2.24, 2.45) is 0 Å². The number of thioether (sulfide) groups is 1. The van der Waals surface area contributed by atoms with E-state index >= 15 is 0 Å². The third-order valence-corrected chi connectivity index (χ3v) is 10.9. The van der Waals surface area contributed by atoms with Gasteiger partial charge in [-0.15, -0.1) is 11.3 Å². The van der Waals surface area contributed by atoms with E-state index in [1.165, 1.54) is 0 Å². The predicted molar refractivity (Wildman–Crippen MR) is 169 cm³/mol. The van der Waals surface area contributed by atoms with Crippen molar-refractivity contribution in [3.8, 4) is 0 Å². The number of amides is 1. The third kappa shape index (κ3) is 9.22. The van der Waals surface area contributed by atoms with Crippen LogP contribution in [0.3, 0.4) is 0 Å². The quantitative estimate of drug-likeness (QED) is 0.127. The number of allylic oxidation sites excluding steroid dienone is 2. The lowest BCUT2D eigenvalue weighted by Crippen LogP contribution is -2.62. The number of hydrogen-bond donors (Lipinski definition) is 3. The number of aliphatic hydroxyl groups is 1. The van der Waals surface area contributed by atoms with Crippen LogP contribution in [0, 0.1) is 3.70 Å². The van der Waals surface area contributed by atoms with E-state index < -0.39 is 38.5 Å². The van der Waals surface area contributed by atoms with Crippen LogP contribution in [0.1, 0.15) is 45.4 Å². The van der Waals surface area contributed by atoms with Gasteiger partial charge in [0.2, 0.25) is 5.91 Å². The minimum Gasteiger partial charge on any atom is -0.374 e. The SMILES string of the molecule is C/C=C\C(=C/C=Ic1csc(N2CCN(C)CC2)n1)C(O)NC1(C(=O)NC(C=O)CCSC)CCCCC1. The molecule has 1 aliphatic heterocycles. The molecule has 3 N–H and O–H groups in total. The molecule has 1 amide bonds. The molecule has 212 valence electrons. The molecule has 1 saturated carbocycles. The summed E-state index contributed by atoms with van der Waals surface area (Å²) in [6.07, 6.45) is 12.3. The molecule has 0 aromatic carbocycles. The maximum atomic E-state index is 13.4. The first-order valence-corrected chi connectivity index (χ1v) is 17.9. The molecule has 2 aliphatic rings. The summed E-state index contributed by atoms with van der Waals surface area (Å²) in [6.45, 7) is 6.05. The van der Waals surface area contributed by atoms with Gasteiger partial charge in [-0.25, -0.2) is 4.98 Å². The number of aliphatic hydroxyl groups excluding tert-OH is 1. The molecule has 2 atom stereocenters. The Bertz CT molecular complexity index is 985. The highest BCUT2D eigenvalue weighted by Crippen LogP contribution is 2.30. The number of nitrogens with zero attached hydrogens (tertiary/aromatic N) is 3. The van der Waals surface area contributed by atoms with E-state index in [0.717, 1.165) is 66.3 Å². The maximum Gasteiger partial charge on any atom is 0.240 e. The molecule has 3 rings (SSSR count). The summed E-state index contributed by atoms with van der Waals surface area (Å²) >= 11 is 2.90. The summed E-state index contributed by atoms with van der Waals surface area (Å²) in [4.78, 5) is 34.5. The van der Waals surface area contributed by atoms with E-state index in [1.54, 1.807) is 23.1 Å². The molecular formula is C27H42IN5O3S2. The van der Waals surface area contributed by atoms with Crippen LogP contribution in [0.15, 0.2) is 29.2 Å². The van der Waals surface area contributed by atoms with Crippen molar-refractivity contribution in [3.63, 3.8) is 0 Å². The van der Waals surface area contributed by atoms with Crippen LogP contribution >= 0.6 is 43.8 Å². The van der Waals surface area contributed by atoms with Gasteiger partial charge < -0.3 is 25.0 Å². The van der Waals surface area contributed by atoms with Gasteiger partial charge in [0.25, 0.3) is 0 Å². The molecule has 2 heterocycles. The van der Waals surface area contributed by atoms with E-state index in [-0.39, 0.29) is 5.91 Å². The first-order chi connectivity index (χ1) is 18.4. The molecule has 1 aromatic rings. The normalized spacial score (nSPS) is 20.8. The monoisotopic (exact) mass is 675 g/mol. The van der Waals surface area contributed by atoms with Crippen LogP contribution in [0.2, 0.25) is 0 Å². The molecule has 8 nitrogen and oxygen atoms in total. The zero-order valence-electron chi connectivity index (χ0n) is 22.7. The molecule has 1 aliphatic carbocycles. The number of rotatable bonds is 13. The Morgan fingerprint density at radius 3 is 2.68 bits per heavy atom. The molecule has 11 heteroatoms. The fourth-order valence-corrected chi connectivity index (χ4v) is 8.30. The Morgan fingerprint density at radius 2 is 2.03 bits per heavy atom. The highest BCUT2D eigenvalue weighted by molar-refractivity contribution is 14.2. The van der Waals surface area contributed by atoms with Crippen LogP contribution in [-0.2, 0) is 9.59 Å². The summed E-state index contributed by atoms with van der Waals surface area (Å²) < 4.78 is 3.25. The average molecular weight is 676 g/mol. The van der Waals surface area contributed by atoms with Crippen molar-refractivity contribution in [1.82, 2.24) is 20.5 Å². The highest BCUT2D eigenvalue weighted by Gasteiger charge is 2.41. The van der Waals surface area contributed by atoms with Gasteiger partial charge in [0.05, 0.1) is 6.04 Å². The number of likely N-dealkylation sites (N-methyl/N-ethyl adjacent to an activating group) is 1. The number of carbonyl (C=O) groups excluding carboxylic acids is 2. The van der Waals surface area contributed by atoms with Crippen molar-refractivity contribution in [3.05, 3.63) is 32.9 Å². The van der Waals surface area contributed by atoms with Gasteiger partial charge in [-0.05, 0) is 60.9 Å². The van der Waals surface area contributed by atoms with Gasteiger partial charge in [0, 0.05) is 31.6 Å². The number of thiazole rings is 1. The topological polar surface area (TPSA) is 97.8 Å². The second kappa shape index (κ2) is 16.2. The van der Waals surface area contributed by atoms with Crippen LogP contribution < -0.4 is 15.5 Å². The van der Waals surface area contributed by atoms with E-state index in [0.29, 0.717) is 24.8 Å². The zero-order chi connectivity index (χ0) is 27.4. The standard InChI is InChI=1S/C27H42IN5O3S2/c1-4-8-21(9-13-28-23-20-38-26(30-23)33-16-14-32(2)15-17-33)24(35)31-27(11-6-5-7-12-27)25(36)29-22(19-34)10-18-37-3/h4,8-9,13,19-20,22,24,31,35H,5-7,10-12,14-18H2,1-3H3,(H,29,36)/b8-4-,21-9+. The number of carbonyl (C=O) groups is 2. The molecule has 1 aromatic heterocycles. The van der Waals surface area contributed by atoms with E-state index in [1.807, 2.05) is 31.4 Å². The van der Waals surface area contributed by atoms with Crippen LogP contribution in [0.4, 0.5) is 5.13 Å². The van der Waals surface area contributed by atoms with E-state index in [4.69, 9.17) is 4.98 Å². The van der Waals surface area contributed by atoms with Crippen molar-refractivity contribution >= 4 is 65.2 Å². The zero-order valence-corrected chi connectivity index (χ0v) is 26.5. The first-order valence-electron chi connectivity index (χ1n) is 13.3. The molecule has 0 radical (unpaired) electrons. The van der Waals surface area contributed by atoms with Crippen LogP contribution in [0.25, 0.3) is 0 Å². The smallest absolute Gasteiger partial charge is 0.240 e. The van der Waals surface area contributed by atoms with Crippen LogP contribution in [0.5, 0.6) is 0 Å². The van der Waals surface area contributed by atoms with Gasteiger partial charge in [-0.2, -0.15) is 11.8 Å². The summed E-state index contributed by atoms with van der Waals surface area (Å²) in [5, 5.41) is 20.7. The number of aromatic nitrogens is 1. The van der Waals surface area contributed by atoms with Crippen molar-refractivity contribution < 1.29 is 14.7 Å². The maximum absolute atomic E-state index is 13.4.